The van der Waals surface area contributed by atoms with Gasteiger partial charge < -0.3 is 0 Å². The van der Waals surface area contributed by atoms with Crippen LogP contribution in [0.15, 0.2) is 71.4 Å². The number of carbonyl (C=O) groups excluding carboxylic acids is 1. The van der Waals surface area contributed by atoms with Crippen LogP contribution < -0.4 is 0 Å². The summed E-state index contributed by atoms with van der Waals surface area (Å²) in [6.45, 7) is 13.1. The molecule has 0 saturated heterocycles. The molecular weight excluding hydrogens is 316 g/mol. The van der Waals surface area contributed by atoms with E-state index in [1.54, 1.807) is 6.08 Å². The van der Waals surface area contributed by atoms with Gasteiger partial charge in [0.15, 0.2) is 0 Å². The third-order valence-corrected chi connectivity index (χ3v) is 4.56. The van der Waals surface area contributed by atoms with Crippen LogP contribution in [0.2, 0.25) is 0 Å². The maximum absolute atomic E-state index is 10.8. The first-order valence-corrected chi connectivity index (χ1v) is 9.73. The second-order valence-electron chi connectivity index (χ2n) is 8.98. The smallest absolute Gasteiger partial charge is 0.143 e. The summed E-state index contributed by atoms with van der Waals surface area (Å²) in [5.41, 5.74) is 3.88. The highest BCUT2D eigenvalue weighted by Gasteiger charge is 2.14. The van der Waals surface area contributed by atoms with Crippen LogP contribution in [0.3, 0.4) is 0 Å². The van der Waals surface area contributed by atoms with Crippen molar-refractivity contribution in [2.24, 2.45) is 10.8 Å². The lowest BCUT2D eigenvalue weighted by molar-refractivity contribution is -0.104. The molecule has 0 atom stereocenters. The summed E-state index contributed by atoms with van der Waals surface area (Å²) >= 11 is 0. The minimum Gasteiger partial charge on any atom is -0.299 e. The van der Waals surface area contributed by atoms with Crippen LogP contribution in [0.25, 0.3) is 0 Å². The number of hydrogen-bond donors (Lipinski definition) is 0. The van der Waals surface area contributed by atoms with Crippen LogP contribution >= 0.6 is 0 Å². The van der Waals surface area contributed by atoms with Crippen molar-refractivity contribution in [1.29, 1.82) is 0 Å². The molecule has 0 saturated carbocycles. The Bertz CT molecular complexity index is 635. The van der Waals surface area contributed by atoms with Gasteiger partial charge in [-0.25, -0.2) is 0 Å². The van der Waals surface area contributed by atoms with Gasteiger partial charge in [0.1, 0.15) is 6.29 Å². The molecule has 1 rings (SSSR count). The van der Waals surface area contributed by atoms with Gasteiger partial charge in [0.25, 0.3) is 0 Å². The molecule has 0 heterocycles. The molecule has 1 heteroatoms. The van der Waals surface area contributed by atoms with Crippen LogP contribution in [-0.4, -0.2) is 6.29 Å². The van der Waals surface area contributed by atoms with Gasteiger partial charge in [-0.3, -0.25) is 4.79 Å². The molecule has 0 N–H and O–H groups in total. The average molecular weight is 353 g/mol. The maximum atomic E-state index is 10.8. The molecule has 1 aliphatic rings. The zero-order valence-electron chi connectivity index (χ0n) is 17.5. The van der Waals surface area contributed by atoms with Crippen molar-refractivity contribution >= 4 is 6.29 Å². The van der Waals surface area contributed by atoms with E-state index in [1.165, 1.54) is 36.8 Å². The predicted octanol–water partition coefficient (Wildman–Crippen LogP) is 7.30. The molecule has 0 fully saturated rings. The van der Waals surface area contributed by atoms with Crippen molar-refractivity contribution in [2.75, 3.05) is 0 Å². The molecule has 0 amide bonds. The molecule has 26 heavy (non-hydrogen) atoms. The number of aldehydes is 1. The Morgan fingerprint density at radius 1 is 0.846 bits per heavy atom. The summed E-state index contributed by atoms with van der Waals surface area (Å²) in [6, 6.07) is 0. The highest BCUT2D eigenvalue weighted by molar-refractivity contribution is 5.67. The minimum atomic E-state index is -0.0336. The van der Waals surface area contributed by atoms with Gasteiger partial charge in [0.05, 0.1) is 0 Å². The summed E-state index contributed by atoms with van der Waals surface area (Å²) < 4.78 is 0. The van der Waals surface area contributed by atoms with Crippen molar-refractivity contribution < 1.29 is 4.79 Å². The third-order valence-electron chi connectivity index (χ3n) is 4.56. The number of rotatable bonds is 6. The summed E-state index contributed by atoms with van der Waals surface area (Å²) in [5, 5.41) is 0. The first-order chi connectivity index (χ1) is 12.1. The molecule has 0 aromatic carbocycles. The topological polar surface area (TPSA) is 17.1 Å². The molecule has 142 valence electrons. The molecule has 0 radical (unpaired) electrons. The molecule has 0 unspecified atom stereocenters. The molecule has 0 aromatic rings. The fourth-order valence-corrected chi connectivity index (χ4v) is 2.78. The van der Waals surface area contributed by atoms with E-state index in [-0.39, 0.29) is 10.8 Å². The van der Waals surface area contributed by atoms with E-state index in [0.717, 1.165) is 11.9 Å². The van der Waals surface area contributed by atoms with Crippen molar-refractivity contribution in [3.8, 4) is 0 Å². The summed E-state index contributed by atoms with van der Waals surface area (Å²) in [7, 11) is 0. The molecule has 0 bridgehead atoms. The number of hydrogen-bond acceptors (Lipinski definition) is 1. The van der Waals surface area contributed by atoms with Gasteiger partial charge in [0, 0.05) is 0 Å². The lowest BCUT2D eigenvalue weighted by atomic mass is 9.85. The van der Waals surface area contributed by atoms with Gasteiger partial charge in [0.2, 0.25) is 0 Å². The molecule has 0 aromatic heterocycles. The van der Waals surface area contributed by atoms with Crippen LogP contribution in [0.1, 0.15) is 67.2 Å². The van der Waals surface area contributed by atoms with Crippen LogP contribution in [0, 0.1) is 10.8 Å². The van der Waals surface area contributed by atoms with E-state index in [0.29, 0.717) is 0 Å². The van der Waals surface area contributed by atoms with Crippen molar-refractivity contribution in [3.05, 3.63) is 71.4 Å². The quantitative estimate of drug-likeness (QED) is 0.278. The van der Waals surface area contributed by atoms with Gasteiger partial charge in [-0.05, 0) is 53.7 Å². The van der Waals surface area contributed by atoms with Gasteiger partial charge in [-0.2, -0.15) is 0 Å². The second-order valence-corrected chi connectivity index (χ2v) is 8.98. The maximum Gasteiger partial charge on any atom is 0.143 e. The van der Waals surface area contributed by atoms with E-state index >= 15 is 0 Å². The highest BCUT2D eigenvalue weighted by Crippen LogP contribution is 2.28. The molecule has 0 aliphatic heterocycles. The van der Waals surface area contributed by atoms with Gasteiger partial charge >= 0.3 is 0 Å². The summed E-state index contributed by atoms with van der Waals surface area (Å²) in [6.07, 6.45) is 24.8. The van der Waals surface area contributed by atoms with E-state index in [2.05, 4.69) is 71.9 Å². The lowest BCUT2D eigenvalue weighted by Crippen LogP contribution is -2.07. The average Bonchev–Trinajstić information content (AvgIpc) is 2.55. The first kappa shape index (κ1) is 22.2. The monoisotopic (exact) mass is 352 g/mol. The molecular formula is C25H36O. The van der Waals surface area contributed by atoms with Crippen LogP contribution in [0.5, 0.6) is 0 Å². The number of carbonyl (C=O) groups is 1. The fourth-order valence-electron chi connectivity index (χ4n) is 2.78. The summed E-state index contributed by atoms with van der Waals surface area (Å²) in [5.74, 6) is 0. The Labute approximate surface area is 161 Å². The zero-order valence-corrected chi connectivity index (χ0v) is 17.5. The van der Waals surface area contributed by atoms with Gasteiger partial charge in [-0.1, -0.05) is 95.7 Å². The van der Waals surface area contributed by atoms with Crippen molar-refractivity contribution in [1.82, 2.24) is 0 Å². The number of allylic oxidation sites excluding steroid dienone is 12. The Balaban J connectivity index is 2.87. The molecule has 1 aliphatic carbocycles. The Morgan fingerprint density at radius 2 is 1.50 bits per heavy atom. The first-order valence-electron chi connectivity index (χ1n) is 9.73. The normalized spacial score (nSPS) is 18.2. The van der Waals surface area contributed by atoms with E-state index in [1.807, 2.05) is 18.2 Å². The zero-order chi connectivity index (χ0) is 19.6. The van der Waals surface area contributed by atoms with Crippen LogP contribution in [-0.2, 0) is 4.79 Å². The van der Waals surface area contributed by atoms with Gasteiger partial charge in [-0.15, -0.1) is 0 Å². The SMILES string of the molecule is CC(C)(C)C(=C\C=O)/C=C/C=C/C=C(/C=C/C1=CCCCC1)C(C)(C)C. The lowest BCUT2D eigenvalue weighted by Gasteiger charge is -2.20. The Morgan fingerprint density at radius 3 is 2.04 bits per heavy atom. The minimum absolute atomic E-state index is 0.0336. The predicted molar refractivity (Wildman–Crippen MR) is 115 cm³/mol. The second kappa shape index (κ2) is 10.3. The van der Waals surface area contributed by atoms with Crippen molar-refractivity contribution in [3.63, 3.8) is 0 Å². The Kier molecular flexibility index (Phi) is 8.78. The van der Waals surface area contributed by atoms with Crippen molar-refractivity contribution in [2.45, 2.75) is 67.2 Å². The van der Waals surface area contributed by atoms with E-state index < -0.39 is 0 Å². The molecule has 0 spiro atoms. The Hall–Kier alpha value is -1.89. The molecule has 1 nitrogen and oxygen atoms in total. The highest BCUT2D eigenvalue weighted by atomic mass is 16.1. The third kappa shape index (κ3) is 8.47. The summed E-state index contributed by atoms with van der Waals surface area (Å²) in [4.78, 5) is 10.8. The standard InChI is InChI=1S/C25H36O/c1-24(2,3)22(18-17-21-13-9-7-10-14-21)15-11-8-12-16-23(19-20-26)25(4,5)6/h8,11-13,15-20H,7,9-10,14H2,1-6H3/b11-8+,16-12+,18-17+,22-15-,23-19-. The largest absolute Gasteiger partial charge is 0.299 e. The fraction of sp³-hybridized carbons (Fsp3) is 0.480. The van der Waals surface area contributed by atoms with E-state index in [4.69, 9.17) is 0 Å². The van der Waals surface area contributed by atoms with Crippen LogP contribution in [0.4, 0.5) is 0 Å². The van der Waals surface area contributed by atoms with E-state index in [9.17, 15) is 4.79 Å².